The minimum absolute atomic E-state index is 0.309. The van der Waals surface area contributed by atoms with Gasteiger partial charge in [0, 0.05) is 7.05 Å². The molecule has 1 N–H and O–H groups in total. The molecule has 5 nitrogen and oxygen atoms in total. The number of anilines is 2. The largest absolute Gasteiger partial charge is 0.344 e. The summed E-state index contributed by atoms with van der Waals surface area (Å²) in [5.74, 6) is 0.713. The van der Waals surface area contributed by atoms with Crippen LogP contribution >= 0.6 is 0 Å². The van der Waals surface area contributed by atoms with E-state index in [9.17, 15) is 4.79 Å². The van der Waals surface area contributed by atoms with Crippen LogP contribution in [0.4, 0.5) is 11.5 Å². The number of likely N-dealkylation sites (N-methyl/N-ethyl adjacent to an activating group) is 1. The van der Waals surface area contributed by atoms with Crippen molar-refractivity contribution in [2.24, 2.45) is 0 Å². The maximum Gasteiger partial charge on any atom is 0.162 e. The first kappa shape index (κ1) is 7.02. The van der Waals surface area contributed by atoms with Crippen molar-refractivity contribution in [2.45, 2.75) is 6.17 Å². The van der Waals surface area contributed by atoms with E-state index in [1.807, 2.05) is 7.05 Å². The van der Waals surface area contributed by atoms with E-state index in [1.165, 1.54) is 6.33 Å². The van der Waals surface area contributed by atoms with Crippen LogP contribution in [0.3, 0.4) is 0 Å². The highest BCUT2D eigenvalue weighted by Gasteiger charge is 2.25. The average Bonchev–Trinajstić information content (AvgIpc) is 2.44. The molecule has 0 saturated heterocycles. The predicted octanol–water partition coefficient (Wildman–Crippen LogP) is -0.137. The van der Waals surface area contributed by atoms with Crippen molar-refractivity contribution < 1.29 is 4.79 Å². The number of aromatic nitrogens is 2. The SMILES string of the molecule is CN1c2cncnc2NC1C=O. The fraction of sp³-hybridized carbons (Fsp3) is 0.286. The molecule has 2 rings (SSSR count). The van der Waals surface area contributed by atoms with E-state index >= 15 is 0 Å². The quantitative estimate of drug-likeness (QED) is 0.585. The summed E-state index contributed by atoms with van der Waals surface area (Å²) in [5, 5.41) is 2.94. The molecule has 2 heterocycles. The Morgan fingerprint density at radius 2 is 2.58 bits per heavy atom. The zero-order valence-corrected chi connectivity index (χ0v) is 6.56. The van der Waals surface area contributed by atoms with Crippen LogP contribution in [0.2, 0.25) is 0 Å². The molecular formula is C7H8N4O. The molecular weight excluding hydrogens is 156 g/mol. The molecule has 1 aromatic heterocycles. The van der Waals surface area contributed by atoms with Gasteiger partial charge in [0.15, 0.2) is 18.3 Å². The lowest BCUT2D eigenvalue weighted by atomic mass is 10.4. The van der Waals surface area contributed by atoms with Gasteiger partial charge in [-0.1, -0.05) is 0 Å². The molecule has 0 aromatic carbocycles. The van der Waals surface area contributed by atoms with Crippen LogP contribution in [-0.4, -0.2) is 29.5 Å². The second kappa shape index (κ2) is 2.44. The zero-order chi connectivity index (χ0) is 8.55. The van der Waals surface area contributed by atoms with E-state index < -0.39 is 0 Å². The van der Waals surface area contributed by atoms with Crippen LogP contribution in [0.25, 0.3) is 0 Å². The number of rotatable bonds is 1. The molecule has 1 atom stereocenters. The minimum atomic E-state index is -0.309. The summed E-state index contributed by atoms with van der Waals surface area (Å²) in [7, 11) is 1.82. The summed E-state index contributed by atoms with van der Waals surface area (Å²) in [6.45, 7) is 0. The summed E-state index contributed by atoms with van der Waals surface area (Å²) in [6, 6.07) is 0. The second-order valence-corrected chi connectivity index (χ2v) is 2.59. The van der Waals surface area contributed by atoms with Gasteiger partial charge in [-0.15, -0.1) is 0 Å². The number of carbonyl (C=O) groups is 1. The van der Waals surface area contributed by atoms with Gasteiger partial charge in [-0.2, -0.15) is 0 Å². The molecule has 12 heavy (non-hydrogen) atoms. The van der Waals surface area contributed by atoms with Gasteiger partial charge in [0.1, 0.15) is 12.0 Å². The van der Waals surface area contributed by atoms with E-state index in [-0.39, 0.29) is 6.17 Å². The van der Waals surface area contributed by atoms with Crippen LogP contribution in [0.15, 0.2) is 12.5 Å². The van der Waals surface area contributed by atoms with Gasteiger partial charge in [-0.3, -0.25) is 4.79 Å². The predicted molar refractivity (Wildman–Crippen MR) is 43.9 cm³/mol. The van der Waals surface area contributed by atoms with E-state index in [2.05, 4.69) is 15.3 Å². The Bertz CT molecular complexity index is 314. The van der Waals surface area contributed by atoms with E-state index in [0.717, 1.165) is 12.0 Å². The van der Waals surface area contributed by atoms with Crippen molar-refractivity contribution in [2.75, 3.05) is 17.3 Å². The molecule has 0 bridgehead atoms. The number of nitrogens with zero attached hydrogens (tertiary/aromatic N) is 3. The fourth-order valence-corrected chi connectivity index (χ4v) is 1.20. The van der Waals surface area contributed by atoms with Crippen LogP contribution < -0.4 is 10.2 Å². The van der Waals surface area contributed by atoms with Crippen molar-refractivity contribution in [1.82, 2.24) is 9.97 Å². The first-order valence-electron chi connectivity index (χ1n) is 3.57. The fourth-order valence-electron chi connectivity index (χ4n) is 1.20. The number of nitrogens with one attached hydrogen (secondary N) is 1. The lowest BCUT2D eigenvalue weighted by Crippen LogP contribution is -2.33. The smallest absolute Gasteiger partial charge is 0.162 e. The lowest BCUT2D eigenvalue weighted by molar-refractivity contribution is -0.108. The molecule has 62 valence electrons. The van der Waals surface area contributed by atoms with Crippen LogP contribution in [0, 0.1) is 0 Å². The molecule has 5 heteroatoms. The highest BCUT2D eigenvalue weighted by Crippen LogP contribution is 2.28. The lowest BCUT2D eigenvalue weighted by Gasteiger charge is -2.14. The summed E-state index contributed by atoms with van der Waals surface area (Å²) < 4.78 is 0. The van der Waals surface area contributed by atoms with Gasteiger partial charge in [0.2, 0.25) is 0 Å². The van der Waals surface area contributed by atoms with Crippen molar-refractivity contribution in [1.29, 1.82) is 0 Å². The Morgan fingerprint density at radius 1 is 1.75 bits per heavy atom. The third-order valence-electron chi connectivity index (χ3n) is 1.90. The molecule has 0 radical (unpaired) electrons. The molecule has 1 aromatic rings. The van der Waals surface area contributed by atoms with Crippen molar-refractivity contribution in [3.8, 4) is 0 Å². The first-order valence-corrected chi connectivity index (χ1v) is 3.57. The number of carbonyl (C=O) groups excluding carboxylic acids is 1. The van der Waals surface area contributed by atoms with E-state index in [1.54, 1.807) is 11.1 Å². The third kappa shape index (κ3) is 0.827. The van der Waals surface area contributed by atoms with Gasteiger partial charge in [-0.25, -0.2) is 9.97 Å². The molecule has 0 spiro atoms. The summed E-state index contributed by atoms with van der Waals surface area (Å²) >= 11 is 0. The van der Waals surface area contributed by atoms with Crippen LogP contribution in [-0.2, 0) is 4.79 Å². The van der Waals surface area contributed by atoms with E-state index in [0.29, 0.717) is 5.82 Å². The number of hydrogen-bond acceptors (Lipinski definition) is 5. The molecule has 0 saturated carbocycles. The van der Waals surface area contributed by atoms with E-state index in [4.69, 9.17) is 0 Å². The molecule has 0 aliphatic carbocycles. The highest BCUT2D eigenvalue weighted by atomic mass is 16.1. The first-order chi connectivity index (χ1) is 5.83. The van der Waals surface area contributed by atoms with Gasteiger partial charge >= 0.3 is 0 Å². The average molecular weight is 164 g/mol. The number of fused-ring (bicyclic) bond motifs is 1. The van der Waals surface area contributed by atoms with Gasteiger partial charge in [0.05, 0.1) is 6.20 Å². The van der Waals surface area contributed by atoms with Crippen molar-refractivity contribution >= 4 is 17.8 Å². The normalized spacial score (nSPS) is 20.1. The Morgan fingerprint density at radius 3 is 3.25 bits per heavy atom. The van der Waals surface area contributed by atoms with Gasteiger partial charge < -0.3 is 10.2 Å². The monoisotopic (exact) mass is 164 g/mol. The Labute approximate surface area is 69.4 Å². The molecule has 0 fully saturated rings. The Kier molecular flexibility index (Phi) is 1.43. The van der Waals surface area contributed by atoms with Crippen molar-refractivity contribution in [3.63, 3.8) is 0 Å². The minimum Gasteiger partial charge on any atom is -0.344 e. The standard InChI is InChI=1S/C7H8N4O/c1-11-5-2-8-4-9-7(5)10-6(11)3-12/h2-4,6H,1H3,(H,8,9,10). The summed E-state index contributed by atoms with van der Waals surface area (Å²) in [6.07, 6.45) is 3.66. The van der Waals surface area contributed by atoms with Gasteiger partial charge in [0.25, 0.3) is 0 Å². The van der Waals surface area contributed by atoms with Crippen molar-refractivity contribution in [3.05, 3.63) is 12.5 Å². The van der Waals surface area contributed by atoms with Crippen LogP contribution in [0.5, 0.6) is 0 Å². The molecule has 1 unspecified atom stereocenters. The highest BCUT2D eigenvalue weighted by molar-refractivity contribution is 5.81. The Hall–Kier alpha value is -1.65. The third-order valence-corrected chi connectivity index (χ3v) is 1.90. The second-order valence-electron chi connectivity index (χ2n) is 2.59. The Balaban J connectivity index is 2.41. The molecule has 0 amide bonds. The van der Waals surface area contributed by atoms with Crippen LogP contribution in [0.1, 0.15) is 0 Å². The molecule has 1 aliphatic rings. The molecule has 1 aliphatic heterocycles. The number of hydrogen-bond donors (Lipinski definition) is 1. The van der Waals surface area contributed by atoms with Gasteiger partial charge in [-0.05, 0) is 0 Å². The maximum atomic E-state index is 10.5. The summed E-state index contributed by atoms with van der Waals surface area (Å²) in [5.41, 5.74) is 0.856. The summed E-state index contributed by atoms with van der Waals surface area (Å²) in [4.78, 5) is 20.2. The maximum absolute atomic E-state index is 10.5. The zero-order valence-electron chi connectivity index (χ0n) is 6.56. The number of aldehydes is 1. The topological polar surface area (TPSA) is 58.1 Å².